The number of nitrogens with one attached hydrogen (secondary N) is 2. The van der Waals surface area contributed by atoms with Gasteiger partial charge in [0, 0.05) is 17.2 Å². The molecule has 0 spiro atoms. The number of hydrogen-bond donors (Lipinski definition) is 2. The molecule has 0 aliphatic heterocycles. The molecule has 0 aromatic heterocycles. The highest BCUT2D eigenvalue weighted by molar-refractivity contribution is 5.97. The normalized spacial score (nSPS) is 10.7. The smallest absolute Gasteiger partial charge is 0.251 e. The largest absolute Gasteiger partial charge is 0.497 e. The van der Waals surface area contributed by atoms with E-state index in [4.69, 9.17) is 9.47 Å². The molecular weight excluding hydrogens is 272 g/mol. The van der Waals surface area contributed by atoms with Crippen molar-refractivity contribution in [1.82, 2.24) is 10.6 Å². The Hall–Kier alpha value is -2.24. The molecule has 0 saturated carbocycles. The van der Waals surface area contributed by atoms with Gasteiger partial charge in [-0.2, -0.15) is 0 Å². The monoisotopic (exact) mass is 294 g/mol. The van der Waals surface area contributed by atoms with Gasteiger partial charge in [-0.1, -0.05) is 0 Å². The fourth-order valence-corrected chi connectivity index (χ4v) is 1.66. The summed E-state index contributed by atoms with van der Waals surface area (Å²) < 4.78 is 10.2. The van der Waals surface area contributed by atoms with E-state index in [2.05, 4.69) is 10.6 Å². The topological polar surface area (TPSA) is 76.7 Å². The Kier molecular flexibility index (Phi) is 5.58. The summed E-state index contributed by atoms with van der Waals surface area (Å²) in [6, 6.07) is 4.84. The highest BCUT2D eigenvalue weighted by Gasteiger charge is 2.15. The van der Waals surface area contributed by atoms with E-state index in [1.807, 2.05) is 20.8 Å². The number of methoxy groups -OCH3 is 2. The maximum atomic E-state index is 12.0. The van der Waals surface area contributed by atoms with Crippen LogP contribution in [-0.4, -0.2) is 38.1 Å². The van der Waals surface area contributed by atoms with E-state index in [0.29, 0.717) is 17.1 Å². The van der Waals surface area contributed by atoms with Crippen LogP contribution in [0.1, 0.15) is 31.1 Å². The molecular formula is C15H22N2O4. The maximum absolute atomic E-state index is 12.0. The molecule has 0 unspecified atom stereocenters. The second kappa shape index (κ2) is 6.97. The van der Waals surface area contributed by atoms with Gasteiger partial charge in [-0.3, -0.25) is 9.59 Å². The van der Waals surface area contributed by atoms with Crippen LogP contribution < -0.4 is 20.1 Å². The second-order valence-electron chi connectivity index (χ2n) is 5.58. The third-order valence-corrected chi connectivity index (χ3v) is 2.54. The van der Waals surface area contributed by atoms with E-state index in [1.54, 1.807) is 18.2 Å². The van der Waals surface area contributed by atoms with Gasteiger partial charge in [-0.15, -0.1) is 0 Å². The van der Waals surface area contributed by atoms with E-state index >= 15 is 0 Å². The van der Waals surface area contributed by atoms with Crippen LogP contribution in [-0.2, 0) is 4.79 Å². The van der Waals surface area contributed by atoms with Crippen molar-refractivity contribution in [3.8, 4) is 11.5 Å². The van der Waals surface area contributed by atoms with Crippen LogP contribution in [0.25, 0.3) is 0 Å². The molecule has 0 saturated heterocycles. The summed E-state index contributed by atoms with van der Waals surface area (Å²) in [4.78, 5) is 23.7. The number of amides is 2. The molecule has 116 valence electrons. The molecule has 1 aromatic carbocycles. The third kappa shape index (κ3) is 5.72. The van der Waals surface area contributed by atoms with Gasteiger partial charge >= 0.3 is 0 Å². The first-order valence-electron chi connectivity index (χ1n) is 6.57. The third-order valence-electron chi connectivity index (χ3n) is 2.54. The van der Waals surface area contributed by atoms with Crippen molar-refractivity contribution in [3.05, 3.63) is 23.8 Å². The number of carbonyl (C=O) groups excluding carboxylic acids is 2. The fraction of sp³-hybridized carbons (Fsp3) is 0.467. The molecule has 2 amide bonds. The summed E-state index contributed by atoms with van der Waals surface area (Å²) in [7, 11) is 3.01. The zero-order valence-corrected chi connectivity index (χ0v) is 13.1. The zero-order chi connectivity index (χ0) is 16.0. The summed E-state index contributed by atoms with van der Waals surface area (Å²) in [5, 5.41) is 5.33. The van der Waals surface area contributed by atoms with Crippen LogP contribution in [0.15, 0.2) is 18.2 Å². The lowest BCUT2D eigenvalue weighted by Crippen LogP contribution is -2.45. The summed E-state index contributed by atoms with van der Waals surface area (Å²) in [5.74, 6) is 0.416. The molecule has 1 aromatic rings. The molecule has 2 N–H and O–H groups in total. The lowest BCUT2D eigenvalue weighted by Gasteiger charge is -2.20. The lowest BCUT2D eigenvalue weighted by atomic mass is 10.1. The van der Waals surface area contributed by atoms with E-state index in [1.165, 1.54) is 14.2 Å². The van der Waals surface area contributed by atoms with Gasteiger partial charge in [-0.05, 0) is 32.9 Å². The van der Waals surface area contributed by atoms with E-state index in [-0.39, 0.29) is 23.9 Å². The van der Waals surface area contributed by atoms with Gasteiger partial charge in [0.15, 0.2) is 0 Å². The molecule has 1 rings (SSSR count). The molecule has 0 aliphatic rings. The van der Waals surface area contributed by atoms with Crippen LogP contribution in [0.4, 0.5) is 0 Å². The lowest BCUT2D eigenvalue weighted by molar-refractivity contribution is -0.121. The average molecular weight is 294 g/mol. The minimum Gasteiger partial charge on any atom is -0.497 e. The summed E-state index contributed by atoms with van der Waals surface area (Å²) in [6.07, 6.45) is 0. The number of hydrogen-bond acceptors (Lipinski definition) is 4. The standard InChI is InChI=1S/C15H22N2O4/c1-15(2,3)17-13(18)9-16-14(19)10-6-11(20-4)8-12(7-10)21-5/h6-8H,9H2,1-5H3,(H,16,19)(H,17,18). The molecule has 0 aliphatic carbocycles. The van der Waals surface area contributed by atoms with Gasteiger partial charge in [-0.25, -0.2) is 0 Å². The first-order chi connectivity index (χ1) is 9.75. The van der Waals surface area contributed by atoms with Crippen LogP contribution in [0.5, 0.6) is 11.5 Å². The Bertz CT molecular complexity index is 499. The Morgan fingerprint density at radius 1 is 1.05 bits per heavy atom. The molecule has 6 heteroatoms. The minimum atomic E-state index is -0.365. The fourth-order valence-electron chi connectivity index (χ4n) is 1.66. The highest BCUT2D eigenvalue weighted by Crippen LogP contribution is 2.22. The molecule has 0 fully saturated rings. The first-order valence-corrected chi connectivity index (χ1v) is 6.57. The number of carbonyl (C=O) groups is 2. The molecule has 0 atom stereocenters. The summed E-state index contributed by atoms with van der Waals surface area (Å²) in [6.45, 7) is 5.54. The quantitative estimate of drug-likeness (QED) is 0.859. The van der Waals surface area contributed by atoms with Crippen molar-refractivity contribution >= 4 is 11.8 Å². The van der Waals surface area contributed by atoms with Crippen molar-refractivity contribution in [1.29, 1.82) is 0 Å². The van der Waals surface area contributed by atoms with Crippen LogP contribution >= 0.6 is 0 Å². The predicted molar refractivity (Wildman–Crippen MR) is 79.8 cm³/mol. The molecule has 0 bridgehead atoms. The Balaban J connectivity index is 2.69. The number of rotatable bonds is 5. The molecule has 0 heterocycles. The number of ether oxygens (including phenoxy) is 2. The average Bonchev–Trinajstić information content (AvgIpc) is 2.42. The van der Waals surface area contributed by atoms with Crippen LogP contribution in [0.3, 0.4) is 0 Å². The summed E-state index contributed by atoms with van der Waals surface area (Å²) in [5.41, 5.74) is 0.0378. The van der Waals surface area contributed by atoms with E-state index < -0.39 is 0 Å². The molecule has 21 heavy (non-hydrogen) atoms. The highest BCUT2D eigenvalue weighted by atomic mass is 16.5. The van der Waals surface area contributed by atoms with Crippen molar-refractivity contribution < 1.29 is 19.1 Å². The second-order valence-corrected chi connectivity index (χ2v) is 5.58. The van der Waals surface area contributed by atoms with Gasteiger partial charge in [0.2, 0.25) is 5.91 Å². The van der Waals surface area contributed by atoms with Gasteiger partial charge in [0.05, 0.1) is 20.8 Å². The Morgan fingerprint density at radius 3 is 2.00 bits per heavy atom. The van der Waals surface area contributed by atoms with Gasteiger partial charge in [0.25, 0.3) is 5.91 Å². The van der Waals surface area contributed by atoms with Gasteiger partial charge < -0.3 is 20.1 Å². The zero-order valence-electron chi connectivity index (χ0n) is 13.1. The van der Waals surface area contributed by atoms with Crippen molar-refractivity contribution in [3.63, 3.8) is 0 Å². The number of benzene rings is 1. The van der Waals surface area contributed by atoms with E-state index in [0.717, 1.165) is 0 Å². The predicted octanol–water partition coefficient (Wildman–Crippen LogP) is 1.35. The Labute approximate surface area is 124 Å². The van der Waals surface area contributed by atoms with Crippen LogP contribution in [0, 0.1) is 0 Å². The molecule has 6 nitrogen and oxygen atoms in total. The van der Waals surface area contributed by atoms with Crippen LogP contribution in [0.2, 0.25) is 0 Å². The van der Waals surface area contributed by atoms with Crippen molar-refractivity contribution in [2.75, 3.05) is 20.8 Å². The van der Waals surface area contributed by atoms with Crippen molar-refractivity contribution in [2.45, 2.75) is 26.3 Å². The first kappa shape index (κ1) is 16.8. The van der Waals surface area contributed by atoms with Crippen molar-refractivity contribution in [2.24, 2.45) is 0 Å². The minimum absolute atomic E-state index is 0.0877. The summed E-state index contributed by atoms with van der Waals surface area (Å²) >= 11 is 0. The maximum Gasteiger partial charge on any atom is 0.251 e. The van der Waals surface area contributed by atoms with E-state index in [9.17, 15) is 9.59 Å². The Morgan fingerprint density at radius 2 is 1.57 bits per heavy atom. The molecule has 0 radical (unpaired) electrons. The van der Waals surface area contributed by atoms with Gasteiger partial charge in [0.1, 0.15) is 11.5 Å². The SMILES string of the molecule is COc1cc(OC)cc(C(=O)NCC(=O)NC(C)(C)C)c1.